The van der Waals surface area contributed by atoms with Crippen LogP contribution in [-0.2, 0) is 14.8 Å². The van der Waals surface area contributed by atoms with Crippen LogP contribution in [-0.4, -0.2) is 68.6 Å². The summed E-state index contributed by atoms with van der Waals surface area (Å²) in [5.41, 5.74) is 0. The van der Waals surface area contributed by atoms with Crippen LogP contribution in [0.1, 0.15) is 12.8 Å². The fraction of sp³-hybridized carbons (Fsp3) is 0.900. The molecule has 0 aromatic heterocycles. The van der Waals surface area contributed by atoms with Gasteiger partial charge in [0.2, 0.25) is 15.9 Å². The second-order valence-corrected chi connectivity index (χ2v) is 6.49. The van der Waals surface area contributed by atoms with Gasteiger partial charge in [0.15, 0.2) is 0 Å². The number of hydrogen-bond acceptors (Lipinski definition) is 5. The van der Waals surface area contributed by atoms with E-state index < -0.39 is 10.0 Å². The van der Waals surface area contributed by atoms with Gasteiger partial charge in [-0.25, -0.2) is 12.7 Å². The van der Waals surface area contributed by atoms with Crippen LogP contribution >= 0.6 is 0 Å². The first-order valence-corrected chi connectivity index (χ1v) is 7.67. The monoisotopic (exact) mass is 261 g/mol. The summed E-state index contributed by atoms with van der Waals surface area (Å²) in [4.78, 5) is 13.8. The summed E-state index contributed by atoms with van der Waals surface area (Å²) in [5.74, 6) is -0.133. The Labute approximate surface area is 102 Å². The number of hydrogen-bond donors (Lipinski definition) is 1. The minimum atomic E-state index is -3.33. The minimum absolute atomic E-state index is 0.111. The highest BCUT2D eigenvalue weighted by molar-refractivity contribution is 7.89. The molecule has 0 spiro atoms. The van der Waals surface area contributed by atoms with Gasteiger partial charge < -0.3 is 5.32 Å². The molecule has 7 heteroatoms. The van der Waals surface area contributed by atoms with Gasteiger partial charge >= 0.3 is 0 Å². The number of amides is 1. The second kappa shape index (κ2) is 5.32. The predicted octanol–water partition coefficient (Wildman–Crippen LogP) is -1.16. The molecule has 0 radical (unpaired) electrons. The Hall–Kier alpha value is -0.660. The number of nitrogens with one attached hydrogen (secondary N) is 1. The van der Waals surface area contributed by atoms with E-state index in [0.717, 1.165) is 30.5 Å². The predicted molar refractivity (Wildman–Crippen MR) is 64.0 cm³/mol. The van der Waals surface area contributed by atoms with Crippen LogP contribution in [0.4, 0.5) is 0 Å². The van der Waals surface area contributed by atoms with Crippen molar-refractivity contribution in [3.63, 3.8) is 0 Å². The Morgan fingerprint density at radius 2 is 1.88 bits per heavy atom. The van der Waals surface area contributed by atoms with Gasteiger partial charge in [-0.15, -0.1) is 0 Å². The van der Waals surface area contributed by atoms with Crippen molar-refractivity contribution in [3.8, 4) is 0 Å². The molecule has 0 bridgehead atoms. The molecule has 0 aliphatic carbocycles. The Balaban J connectivity index is 1.89. The number of sulfonamides is 1. The molecule has 1 amide bonds. The van der Waals surface area contributed by atoms with Gasteiger partial charge in [0.05, 0.1) is 5.75 Å². The van der Waals surface area contributed by atoms with Crippen molar-refractivity contribution in [2.24, 2.45) is 0 Å². The summed E-state index contributed by atoms with van der Waals surface area (Å²) in [6, 6.07) is 0. The average molecular weight is 261 g/mol. The normalized spacial score (nSPS) is 26.1. The van der Waals surface area contributed by atoms with E-state index >= 15 is 0 Å². The van der Waals surface area contributed by atoms with Crippen LogP contribution in [0.25, 0.3) is 0 Å². The van der Waals surface area contributed by atoms with Crippen LogP contribution < -0.4 is 5.32 Å². The molecule has 2 aliphatic rings. The lowest BCUT2D eigenvalue weighted by Gasteiger charge is -2.31. The Morgan fingerprint density at radius 1 is 1.18 bits per heavy atom. The zero-order valence-electron chi connectivity index (χ0n) is 9.89. The van der Waals surface area contributed by atoms with E-state index in [0.29, 0.717) is 25.9 Å². The van der Waals surface area contributed by atoms with Crippen molar-refractivity contribution in [2.75, 3.05) is 45.0 Å². The maximum Gasteiger partial charge on any atom is 0.237 e. The molecule has 2 heterocycles. The smallest absolute Gasteiger partial charge is 0.237 e. The fourth-order valence-corrected chi connectivity index (χ4v) is 3.72. The maximum atomic E-state index is 11.7. The summed E-state index contributed by atoms with van der Waals surface area (Å²) >= 11 is 0. The van der Waals surface area contributed by atoms with Gasteiger partial charge in [-0.1, -0.05) is 0 Å². The molecule has 98 valence electrons. The van der Waals surface area contributed by atoms with Gasteiger partial charge in [0.1, 0.15) is 0 Å². The quantitative estimate of drug-likeness (QED) is 0.694. The van der Waals surface area contributed by atoms with E-state index in [4.69, 9.17) is 0 Å². The molecule has 6 nitrogen and oxygen atoms in total. The molecule has 2 rings (SSSR count). The molecule has 0 saturated carbocycles. The topological polar surface area (TPSA) is 69.7 Å². The first-order chi connectivity index (χ1) is 8.09. The molecule has 0 aromatic carbocycles. The zero-order valence-corrected chi connectivity index (χ0v) is 10.7. The van der Waals surface area contributed by atoms with Gasteiger partial charge in [-0.2, -0.15) is 0 Å². The molecule has 2 saturated heterocycles. The molecule has 2 aliphatic heterocycles. The van der Waals surface area contributed by atoms with Crippen LogP contribution in [0, 0.1) is 0 Å². The second-order valence-electron chi connectivity index (χ2n) is 4.48. The zero-order chi connectivity index (χ0) is 12.3. The molecule has 17 heavy (non-hydrogen) atoms. The van der Waals surface area contributed by atoms with Gasteiger partial charge in [-0.3, -0.25) is 9.69 Å². The van der Waals surface area contributed by atoms with E-state index in [1.165, 1.54) is 0 Å². The summed E-state index contributed by atoms with van der Waals surface area (Å²) < 4.78 is 24.5. The van der Waals surface area contributed by atoms with E-state index in [-0.39, 0.29) is 11.7 Å². The van der Waals surface area contributed by atoms with Crippen LogP contribution in [0.15, 0.2) is 0 Å². The Bertz CT molecular complexity index is 376. The summed E-state index contributed by atoms with van der Waals surface area (Å²) in [7, 11) is -3.33. The van der Waals surface area contributed by atoms with Crippen LogP contribution in [0.2, 0.25) is 0 Å². The highest BCUT2D eigenvalue weighted by atomic mass is 32.2. The third kappa shape index (κ3) is 3.17. The first-order valence-electron chi connectivity index (χ1n) is 6.06. The highest BCUT2D eigenvalue weighted by Gasteiger charge is 2.31. The highest BCUT2D eigenvalue weighted by Crippen LogP contribution is 2.14. The van der Waals surface area contributed by atoms with Crippen LogP contribution in [0.3, 0.4) is 0 Å². The third-order valence-electron chi connectivity index (χ3n) is 3.24. The van der Waals surface area contributed by atoms with Crippen molar-refractivity contribution in [1.29, 1.82) is 0 Å². The van der Waals surface area contributed by atoms with Crippen molar-refractivity contribution in [1.82, 2.24) is 14.5 Å². The maximum absolute atomic E-state index is 11.7. The minimum Gasteiger partial charge on any atom is -0.314 e. The number of rotatable bonds is 3. The lowest BCUT2D eigenvalue weighted by Crippen LogP contribution is -2.49. The lowest BCUT2D eigenvalue weighted by molar-refractivity contribution is -0.127. The van der Waals surface area contributed by atoms with Gasteiger partial charge in [0.25, 0.3) is 0 Å². The fourth-order valence-electron chi connectivity index (χ4n) is 2.23. The molecule has 2 fully saturated rings. The number of carbonyl (C=O) groups excluding carboxylic acids is 1. The van der Waals surface area contributed by atoms with Crippen molar-refractivity contribution in [2.45, 2.75) is 12.8 Å². The number of carbonyl (C=O) groups is 1. The molecular formula is C10H19N3O3S. The summed E-state index contributed by atoms with van der Waals surface area (Å²) in [6.07, 6.45) is 0.825. The van der Waals surface area contributed by atoms with E-state index in [1.54, 1.807) is 0 Å². The molecule has 0 atom stereocenters. The van der Waals surface area contributed by atoms with Gasteiger partial charge in [0, 0.05) is 45.7 Å². The summed E-state index contributed by atoms with van der Waals surface area (Å²) in [6.45, 7) is 4.65. The summed E-state index contributed by atoms with van der Waals surface area (Å²) in [5, 5.41) is 3.24. The van der Waals surface area contributed by atoms with E-state index in [1.807, 2.05) is 0 Å². The third-order valence-corrected chi connectivity index (χ3v) is 5.10. The van der Waals surface area contributed by atoms with Gasteiger partial charge in [-0.05, 0) is 6.42 Å². The molecule has 0 unspecified atom stereocenters. The Kier molecular flexibility index (Phi) is 4.01. The van der Waals surface area contributed by atoms with Crippen molar-refractivity contribution < 1.29 is 13.2 Å². The molecule has 0 aromatic rings. The van der Waals surface area contributed by atoms with Crippen molar-refractivity contribution >= 4 is 15.9 Å². The largest absolute Gasteiger partial charge is 0.314 e. The standard InChI is InChI=1S/C10H19N3O3S/c14-10-2-1-9-17(15,16)13(10)8-7-12-5-3-11-4-6-12/h11H,1-9H2. The lowest BCUT2D eigenvalue weighted by atomic mass is 10.3. The van der Waals surface area contributed by atoms with E-state index in [2.05, 4.69) is 10.2 Å². The molecular weight excluding hydrogens is 242 g/mol. The number of nitrogens with zero attached hydrogens (tertiary/aromatic N) is 2. The SMILES string of the molecule is O=C1CCCS(=O)(=O)N1CCN1CCNCC1. The first kappa shape index (κ1) is 12.8. The van der Waals surface area contributed by atoms with E-state index in [9.17, 15) is 13.2 Å². The average Bonchev–Trinajstić information content (AvgIpc) is 2.29. The number of piperazine rings is 1. The Morgan fingerprint density at radius 3 is 2.53 bits per heavy atom. The van der Waals surface area contributed by atoms with Crippen molar-refractivity contribution in [3.05, 3.63) is 0 Å². The van der Waals surface area contributed by atoms with Crippen LogP contribution in [0.5, 0.6) is 0 Å². The molecule has 1 N–H and O–H groups in total.